The predicted molar refractivity (Wildman–Crippen MR) is 137 cm³/mol. The Bertz CT molecular complexity index is 1460. The van der Waals surface area contributed by atoms with Crippen LogP contribution in [0.25, 0.3) is 16.9 Å². The number of fused-ring (bicyclic) bond motifs is 1. The quantitative estimate of drug-likeness (QED) is 0.335. The highest BCUT2D eigenvalue weighted by atomic mass is 16.1. The summed E-state index contributed by atoms with van der Waals surface area (Å²) in [5.41, 5.74) is 4.53. The molecule has 0 aliphatic heterocycles. The Morgan fingerprint density at radius 1 is 0.829 bits per heavy atom. The van der Waals surface area contributed by atoms with E-state index in [4.69, 9.17) is 0 Å². The van der Waals surface area contributed by atoms with Gasteiger partial charge in [0.25, 0.3) is 5.91 Å². The number of para-hydroxylation sites is 2. The molecule has 5 aromatic rings. The second-order valence-corrected chi connectivity index (χ2v) is 8.44. The second-order valence-electron chi connectivity index (χ2n) is 8.44. The van der Waals surface area contributed by atoms with Gasteiger partial charge in [0, 0.05) is 11.8 Å². The van der Waals surface area contributed by atoms with Gasteiger partial charge in [-0.1, -0.05) is 54.6 Å². The van der Waals surface area contributed by atoms with E-state index >= 15 is 0 Å². The third-order valence-electron chi connectivity index (χ3n) is 5.98. The van der Waals surface area contributed by atoms with E-state index in [1.165, 1.54) is 0 Å². The monoisotopic (exact) mass is 462 g/mol. The minimum absolute atomic E-state index is 0.0849. The largest absolute Gasteiger partial charge is 0.348 e. The number of imidazole rings is 1. The van der Waals surface area contributed by atoms with Crippen LogP contribution in [0, 0.1) is 0 Å². The Kier molecular flexibility index (Phi) is 6.22. The van der Waals surface area contributed by atoms with Gasteiger partial charge in [-0.15, -0.1) is 0 Å². The number of amides is 1. The number of nitrogens with one attached hydrogen (secondary N) is 2. The molecule has 0 unspecified atom stereocenters. The van der Waals surface area contributed by atoms with Crippen molar-refractivity contribution in [3.05, 3.63) is 114 Å². The fourth-order valence-electron chi connectivity index (χ4n) is 4.03. The Labute approximate surface area is 203 Å². The zero-order valence-electron chi connectivity index (χ0n) is 19.6. The molecular weight excluding hydrogens is 436 g/mol. The van der Waals surface area contributed by atoms with Gasteiger partial charge < -0.3 is 10.6 Å². The van der Waals surface area contributed by atoms with E-state index in [1.807, 2.05) is 103 Å². The summed E-state index contributed by atoms with van der Waals surface area (Å²) in [4.78, 5) is 26.4. The second kappa shape index (κ2) is 9.77. The number of hydrogen-bond acceptors (Lipinski definition) is 5. The molecule has 1 amide bonds. The van der Waals surface area contributed by atoms with Crippen molar-refractivity contribution in [1.82, 2.24) is 24.8 Å². The van der Waals surface area contributed by atoms with Gasteiger partial charge in [0.1, 0.15) is 12.1 Å². The van der Waals surface area contributed by atoms with Crippen molar-refractivity contribution in [3.63, 3.8) is 0 Å². The van der Waals surface area contributed by atoms with E-state index in [2.05, 4.69) is 25.6 Å². The van der Waals surface area contributed by atoms with Gasteiger partial charge in [0.15, 0.2) is 0 Å². The van der Waals surface area contributed by atoms with Crippen molar-refractivity contribution in [2.24, 2.45) is 0 Å². The van der Waals surface area contributed by atoms with Crippen LogP contribution < -0.4 is 10.6 Å². The molecule has 0 spiro atoms. The summed E-state index contributed by atoms with van der Waals surface area (Å²) < 4.78 is 1.94. The molecule has 2 aromatic heterocycles. The summed E-state index contributed by atoms with van der Waals surface area (Å²) in [7, 11) is 0. The predicted octanol–water partition coefficient (Wildman–Crippen LogP) is 5.48. The minimum atomic E-state index is -0.111. The van der Waals surface area contributed by atoms with Crippen LogP contribution in [-0.2, 0) is 0 Å². The molecule has 2 N–H and O–H groups in total. The molecule has 0 aliphatic carbocycles. The Morgan fingerprint density at radius 2 is 1.60 bits per heavy atom. The van der Waals surface area contributed by atoms with E-state index in [-0.39, 0.29) is 18.0 Å². The third-order valence-corrected chi connectivity index (χ3v) is 5.98. The molecule has 7 nitrogen and oxygen atoms in total. The molecule has 0 saturated carbocycles. The number of benzene rings is 3. The van der Waals surface area contributed by atoms with Crippen LogP contribution in [0.2, 0.25) is 0 Å². The summed E-state index contributed by atoms with van der Waals surface area (Å²) in [6.45, 7) is 4.00. The van der Waals surface area contributed by atoms with Crippen molar-refractivity contribution in [2.45, 2.75) is 25.9 Å². The average molecular weight is 463 g/mol. The van der Waals surface area contributed by atoms with Gasteiger partial charge in [-0.25, -0.2) is 9.97 Å². The third kappa shape index (κ3) is 4.89. The van der Waals surface area contributed by atoms with Crippen molar-refractivity contribution in [1.29, 1.82) is 0 Å². The number of aromatic nitrogens is 4. The molecule has 2 atom stereocenters. The Hall–Kier alpha value is -4.52. The molecule has 7 heteroatoms. The number of hydrogen-bond donors (Lipinski definition) is 2. The van der Waals surface area contributed by atoms with Crippen LogP contribution in [0.3, 0.4) is 0 Å². The van der Waals surface area contributed by atoms with Crippen LogP contribution in [-0.4, -0.2) is 25.4 Å². The Morgan fingerprint density at radius 3 is 2.46 bits per heavy atom. The van der Waals surface area contributed by atoms with E-state index in [0.29, 0.717) is 11.5 Å². The van der Waals surface area contributed by atoms with Gasteiger partial charge >= 0.3 is 0 Å². The first-order valence-electron chi connectivity index (χ1n) is 11.6. The van der Waals surface area contributed by atoms with Crippen LogP contribution in [0.5, 0.6) is 0 Å². The lowest BCUT2D eigenvalue weighted by Gasteiger charge is -2.17. The first kappa shape index (κ1) is 22.3. The number of carbonyl (C=O) groups excluding carboxylic acids is 1. The first-order valence-corrected chi connectivity index (χ1v) is 11.6. The zero-order valence-corrected chi connectivity index (χ0v) is 19.6. The summed E-state index contributed by atoms with van der Waals surface area (Å²) in [6, 6.07) is 27.1. The highest BCUT2D eigenvalue weighted by molar-refractivity contribution is 5.94. The molecule has 0 saturated heterocycles. The lowest BCUT2D eigenvalue weighted by atomic mass is 10.0. The lowest BCUT2D eigenvalue weighted by molar-refractivity contribution is 0.0940. The van der Waals surface area contributed by atoms with Crippen molar-refractivity contribution < 1.29 is 4.79 Å². The molecule has 0 radical (unpaired) electrons. The maximum absolute atomic E-state index is 12.9. The topological polar surface area (TPSA) is 84.7 Å². The standard InChI is InChI=1S/C28H26N6O/c1-19(21-9-4-3-5-10-21)31-27(35)23-12-8-11-22(17-23)20(2)32-28-29-16-15-26(33-28)34-18-30-24-13-6-7-14-25(24)34/h3-20H,1-2H3,(H,31,35)(H,29,32,33)/t19-,20-/m0/s1. The molecule has 3 aromatic carbocycles. The average Bonchev–Trinajstić information content (AvgIpc) is 3.34. The molecular formula is C28H26N6O. The number of nitrogens with zero attached hydrogens (tertiary/aromatic N) is 4. The summed E-state index contributed by atoms with van der Waals surface area (Å²) in [6.07, 6.45) is 3.49. The molecule has 0 aliphatic rings. The summed E-state index contributed by atoms with van der Waals surface area (Å²) >= 11 is 0. The summed E-state index contributed by atoms with van der Waals surface area (Å²) in [5.74, 6) is 1.12. The normalized spacial score (nSPS) is 12.7. The molecule has 2 heterocycles. The molecule has 174 valence electrons. The fraction of sp³-hybridized carbons (Fsp3) is 0.143. The van der Waals surface area contributed by atoms with Gasteiger partial charge in [0.05, 0.1) is 23.1 Å². The molecule has 5 rings (SSSR count). The zero-order chi connectivity index (χ0) is 24.2. The molecule has 0 bridgehead atoms. The molecule has 35 heavy (non-hydrogen) atoms. The Balaban J connectivity index is 1.31. The first-order chi connectivity index (χ1) is 17.1. The van der Waals surface area contributed by atoms with Gasteiger partial charge in [-0.05, 0) is 55.3 Å². The summed E-state index contributed by atoms with van der Waals surface area (Å²) in [5, 5.41) is 6.43. The highest BCUT2D eigenvalue weighted by Crippen LogP contribution is 2.21. The smallest absolute Gasteiger partial charge is 0.251 e. The minimum Gasteiger partial charge on any atom is -0.348 e. The van der Waals surface area contributed by atoms with Crippen LogP contribution >= 0.6 is 0 Å². The maximum atomic E-state index is 12.9. The van der Waals surface area contributed by atoms with E-state index in [9.17, 15) is 4.79 Å². The van der Waals surface area contributed by atoms with E-state index in [0.717, 1.165) is 28.0 Å². The van der Waals surface area contributed by atoms with E-state index in [1.54, 1.807) is 12.5 Å². The number of anilines is 1. The number of rotatable bonds is 7. The van der Waals surface area contributed by atoms with Crippen molar-refractivity contribution in [3.8, 4) is 5.82 Å². The maximum Gasteiger partial charge on any atom is 0.251 e. The van der Waals surface area contributed by atoms with Gasteiger partial charge in [0.2, 0.25) is 5.95 Å². The van der Waals surface area contributed by atoms with Crippen molar-refractivity contribution in [2.75, 3.05) is 5.32 Å². The van der Waals surface area contributed by atoms with E-state index < -0.39 is 0 Å². The van der Waals surface area contributed by atoms with Crippen molar-refractivity contribution >= 4 is 22.9 Å². The van der Waals surface area contributed by atoms with Gasteiger partial charge in [-0.3, -0.25) is 9.36 Å². The lowest BCUT2D eigenvalue weighted by Crippen LogP contribution is -2.26. The molecule has 0 fully saturated rings. The van der Waals surface area contributed by atoms with Crippen LogP contribution in [0.1, 0.15) is 47.4 Å². The SMILES string of the molecule is C[C@H](NC(=O)c1cccc([C@H](C)Nc2nccc(-n3cnc4ccccc43)n2)c1)c1ccccc1. The number of carbonyl (C=O) groups is 1. The fourth-order valence-corrected chi connectivity index (χ4v) is 4.03. The highest BCUT2D eigenvalue weighted by Gasteiger charge is 2.14. The van der Waals surface area contributed by atoms with Crippen LogP contribution in [0.4, 0.5) is 5.95 Å². The van der Waals surface area contributed by atoms with Crippen LogP contribution in [0.15, 0.2) is 97.5 Å². The van der Waals surface area contributed by atoms with Gasteiger partial charge in [-0.2, -0.15) is 4.98 Å².